The number of carbonyl (C=O) groups is 1. The van der Waals surface area contributed by atoms with Gasteiger partial charge in [-0.15, -0.1) is 5.10 Å². The fourth-order valence-corrected chi connectivity index (χ4v) is 2.36. The van der Waals surface area contributed by atoms with Crippen LogP contribution in [0.3, 0.4) is 0 Å². The molecule has 0 saturated heterocycles. The summed E-state index contributed by atoms with van der Waals surface area (Å²) < 4.78 is 6.33. The molecule has 2 aromatic rings. The third kappa shape index (κ3) is 3.31. The molecule has 0 saturated carbocycles. The molecule has 1 heterocycles. The van der Waals surface area contributed by atoms with Gasteiger partial charge in [-0.25, -0.2) is 0 Å². The molecule has 0 N–H and O–H groups in total. The molecule has 0 radical (unpaired) electrons. The normalized spacial score (nSPS) is 12.1. The maximum Gasteiger partial charge on any atom is 0.309 e. The van der Waals surface area contributed by atoms with Crippen molar-refractivity contribution in [1.29, 1.82) is 0 Å². The molecule has 1 aromatic carbocycles. The Morgan fingerprint density at radius 3 is 2.84 bits per heavy atom. The Kier molecular flexibility index (Phi) is 4.51. The highest BCUT2D eigenvalue weighted by molar-refractivity contribution is 7.99. The van der Waals surface area contributed by atoms with Gasteiger partial charge in [-0.2, -0.15) is 4.68 Å². The molecule has 1 atom stereocenters. The zero-order valence-electron chi connectivity index (χ0n) is 10.7. The van der Waals surface area contributed by atoms with Gasteiger partial charge in [0.1, 0.15) is 0 Å². The van der Waals surface area contributed by atoms with Crippen molar-refractivity contribution in [1.82, 2.24) is 20.2 Å². The lowest BCUT2D eigenvalue weighted by Crippen LogP contribution is -2.15. The summed E-state index contributed by atoms with van der Waals surface area (Å²) in [5.41, 5.74) is 0.890. The molecule has 7 heteroatoms. The number of rotatable bonds is 5. The lowest BCUT2D eigenvalue weighted by Gasteiger charge is -2.08. The van der Waals surface area contributed by atoms with Gasteiger partial charge in [-0.05, 0) is 22.6 Å². The SMILES string of the molecule is COC(=O)C(C)CSc1nnnn1-c1ccccc1. The van der Waals surface area contributed by atoms with Crippen molar-refractivity contribution in [2.24, 2.45) is 5.92 Å². The fourth-order valence-electron chi connectivity index (χ4n) is 1.47. The van der Waals surface area contributed by atoms with Crippen molar-refractivity contribution in [2.45, 2.75) is 12.1 Å². The summed E-state index contributed by atoms with van der Waals surface area (Å²) in [7, 11) is 1.39. The summed E-state index contributed by atoms with van der Waals surface area (Å²) in [4.78, 5) is 11.3. The lowest BCUT2D eigenvalue weighted by atomic mass is 10.2. The quantitative estimate of drug-likeness (QED) is 0.610. The first-order valence-electron chi connectivity index (χ1n) is 5.77. The van der Waals surface area contributed by atoms with Gasteiger partial charge in [0.05, 0.1) is 18.7 Å². The third-order valence-corrected chi connectivity index (χ3v) is 3.69. The van der Waals surface area contributed by atoms with Gasteiger partial charge in [0, 0.05) is 5.75 Å². The Balaban J connectivity index is 2.07. The predicted octanol–water partition coefficient (Wildman–Crippen LogP) is 1.56. The Bertz CT molecular complexity index is 544. The number of para-hydroxylation sites is 1. The van der Waals surface area contributed by atoms with E-state index in [9.17, 15) is 4.79 Å². The maximum absolute atomic E-state index is 11.3. The van der Waals surface area contributed by atoms with Crippen LogP contribution in [0.15, 0.2) is 35.5 Å². The summed E-state index contributed by atoms with van der Waals surface area (Å²) in [6, 6.07) is 9.61. The molecule has 0 aliphatic carbocycles. The van der Waals surface area contributed by atoms with E-state index >= 15 is 0 Å². The number of benzene rings is 1. The molecule has 1 aromatic heterocycles. The van der Waals surface area contributed by atoms with Crippen molar-refractivity contribution in [3.63, 3.8) is 0 Å². The molecule has 0 fully saturated rings. The van der Waals surface area contributed by atoms with Gasteiger partial charge in [0.15, 0.2) is 0 Å². The molecular formula is C12H14N4O2S. The molecule has 6 nitrogen and oxygen atoms in total. The minimum absolute atomic E-state index is 0.198. The number of tetrazole rings is 1. The van der Waals surface area contributed by atoms with Gasteiger partial charge in [-0.1, -0.05) is 36.9 Å². The van der Waals surface area contributed by atoms with E-state index in [0.717, 1.165) is 5.69 Å². The Labute approximate surface area is 115 Å². The monoisotopic (exact) mass is 278 g/mol. The van der Waals surface area contributed by atoms with Gasteiger partial charge in [0.25, 0.3) is 0 Å². The topological polar surface area (TPSA) is 69.9 Å². The Morgan fingerprint density at radius 1 is 1.42 bits per heavy atom. The molecule has 2 rings (SSSR count). The summed E-state index contributed by atoms with van der Waals surface area (Å²) >= 11 is 1.43. The Hall–Kier alpha value is -1.89. The van der Waals surface area contributed by atoms with Crippen LogP contribution in [-0.2, 0) is 9.53 Å². The highest BCUT2D eigenvalue weighted by Crippen LogP contribution is 2.20. The minimum atomic E-state index is -0.230. The van der Waals surface area contributed by atoms with Crippen molar-refractivity contribution in [2.75, 3.05) is 12.9 Å². The average molecular weight is 278 g/mol. The molecule has 19 heavy (non-hydrogen) atoms. The van der Waals surface area contributed by atoms with E-state index in [2.05, 4.69) is 20.3 Å². The average Bonchev–Trinajstić information content (AvgIpc) is 2.93. The Morgan fingerprint density at radius 2 is 2.16 bits per heavy atom. The number of thioether (sulfide) groups is 1. The molecule has 0 aliphatic rings. The van der Waals surface area contributed by atoms with Crippen molar-refractivity contribution in [3.8, 4) is 5.69 Å². The second kappa shape index (κ2) is 6.33. The van der Waals surface area contributed by atoms with Crippen LogP contribution in [0.25, 0.3) is 5.69 Å². The number of esters is 1. The molecule has 0 amide bonds. The first-order valence-corrected chi connectivity index (χ1v) is 6.75. The largest absolute Gasteiger partial charge is 0.469 e. The number of carbonyl (C=O) groups excluding carboxylic acids is 1. The van der Waals surface area contributed by atoms with E-state index in [1.807, 2.05) is 37.3 Å². The number of ether oxygens (including phenoxy) is 1. The van der Waals surface area contributed by atoms with Crippen LogP contribution in [-0.4, -0.2) is 39.0 Å². The summed E-state index contributed by atoms with van der Waals surface area (Å²) in [6.07, 6.45) is 0. The predicted molar refractivity (Wildman–Crippen MR) is 71.1 cm³/mol. The van der Waals surface area contributed by atoms with Gasteiger partial charge in [-0.3, -0.25) is 4.79 Å². The second-order valence-electron chi connectivity index (χ2n) is 3.94. The van der Waals surface area contributed by atoms with Crippen molar-refractivity contribution >= 4 is 17.7 Å². The number of hydrogen-bond acceptors (Lipinski definition) is 6. The summed E-state index contributed by atoms with van der Waals surface area (Å²) in [5, 5.41) is 12.2. The molecule has 0 aliphatic heterocycles. The molecule has 0 bridgehead atoms. The van der Waals surface area contributed by atoms with Gasteiger partial charge in [0.2, 0.25) is 5.16 Å². The smallest absolute Gasteiger partial charge is 0.309 e. The molecule has 0 spiro atoms. The van der Waals surface area contributed by atoms with Gasteiger partial charge < -0.3 is 4.74 Å². The third-order valence-electron chi connectivity index (χ3n) is 2.51. The molecular weight excluding hydrogens is 264 g/mol. The number of hydrogen-bond donors (Lipinski definition) is 0. The zero-order valence-corrected chi connectivity index (χ0v) is 11.5. The highest BCUT2D eigenvalue weighted by Gasteiger charge is 2.16. The van der Waals surface area contributed by atoms with E-state index in [1.165, 1.54) is 18.9 Å². The van der Waals surface area contributed by atoms with Crippen LogP contribution in [0.2, 0.25) is 0 Å². The molecule has 100 valence electrons. The molecule has 1 unspecified atom stereocenters. The number of aromatic nitrogens is 4. The van der Waals surface area contributed by atoms with Crippen LogP contribution in [0.4, 0.5) is 0 Å². The van der Waals surface area contributed by atoms with Gasteiger partial charge >= 0.3 is 5.97 Å². The second-order valence-corrected chi connectivity index (χ2v) is 4.93. The summed E-state index contributed by atoms with van der Waals surface area (Å²) in [6.45, 7) is 1.81. The fraction of sp³-hybridized carbons (Fsp3) is 0.333. The van der Waals surface area contributed by atoms with Crippen molar-refractivity contribution < 1.29 is 9.53 Å². The van der Waals surface area contributed by atoms with E-state index in [4.69, 9.17) is 0 Å². The van der Waals surface area contributed by atoms with Crippen molar-refractivity contribution in [3.05, 3.63) is 30.3 Å². The van der Waals surface area contributed by atoms with Crippen LogP contribution >= 0.6 is 11.8 Å². The first-order chi connectivity index (χ1) is 9.22. The zero-order chi connectivity index (χ0) is 13.7. The highest BCUT2D eigenvalue weighted by atomic mass is 32.2. The van der Waals surface area contributed by atoms with Crippen LogP contribution < -0.4 is 0 Å². The van der Waals surface area contributed by atoms with E-state index in [1.54, 1.807) is 4.68 Å². The van der Waals surface area contributed by atoms with E-state index in [-0.39, 0.29) is 11.9 Å². The number of methoxy groups -OCH3 is 1. The summed E-state index contributed by atoms with van der Waals surface area (Å²) in [5.74, 6) is 0.141. The maximum atomic E-state index is 11.3. The first kappa shape index (κ1) is 13.5. The standard InChI is InChI=1S/C12H14N4O2S/c1-9(11(17)18-2)8-19-12-13-14-15-16(12)10-6-4-3-5-7-10/h3-7,9H,8H2,1-2H3. The van der Waals surface area contributed by atoms with Crippen LogP contribution in [0.1, 0.15) is 6.92 Å². The van der Waals surface area contributed by atoms with E-state index < -0.39 is 0 Å². The van der Waals surface area contributed by atoms with E-state index in [0.29, 0.717) is 10.9 Å². The lowest BCUT2D eigenvalue weighted by molar-refractivity contribution is -0.143. The number of nitrogens with zero attached hydrogens (tertiary/aromatic N) is 4. The van der Waals surface area contributed by atoms with Crippen LogP contribution in [0.5, 0.6) is 0 Å². The minimum Gasteiger partial charge on any atom is -0.469 e. The van der Waals surface area contributed by atoms with Crippen LogP contribution in [0, 0.1) is 5.92 Å².